The second-order valence-electron chi connectivity index (χ2n) is 10.5. The van der Waals surface area contributed by atoms with Crippen molar-refractivity contribution in [1.82, 2.24) is 5.32 Å². The number of para-hydroxylation sites is 1. The van der Waals surface area contributed by atoms with E-state index in [0.29, 0.717) is 17.9 Å². The molecular formula is C29H33NO4. The number of rotatable bonds is 6. The van der Waals surface area contributed by atoms with Crippen LogP contribution in [0.3, 0.4) is 0 Å². The number of fused-ring (bicyclic) bond motifs is 1. The Balaban J connectivity index is 1.56. The average molecular weight is 460 g/mol. The number of ketones is 1. The summed E-state index contributed by atoms with van der Waals surface area (Å²) < 4.78 is 11.0. The summed E-state index contributed by atoms with van der Waals surface area (Å²) in [6.07, 6.45) is 2.19. The third-order valence-corrected chi connectivity index (χ3v) is 7.13. The first-order chi connectivity index (χ1) is 16.0. The van der Waals surface area contributed by atoms with Gasteiger partial charge in [0.15, 0.2) is 11.5 Å². The predicted octanol–water partition coefficient (Wildman–Crippen LogP) is 6.11. The fourth-order valence-electron chi connectivity index (χ4n) is 4.79. The lowest BCUT2D eigenvalue weighted by atomic mass is 9.62. The highest BCUT2D eigenvalue weighted by Gasteiger charge is 2.38. The maximum Gasteiger partial charge on any atom is 0.287 e. The fourth-order valence-corrected chi connectivity index (χ4v) is 4.79. The Morgan fingerprint density at radius 2 is 1.56 bits per heavy atom. The van der Waals surface area contributed by atoms with Crippen molar-refractivity contribution in [2.24, 2.45) is 0 Å². The molecule has 0 unspecified atom stereocenters. The Morgan fingerprint density at radius 3 is 2.24 bits per heavy atom. The number of hydrogen-bond acceptors (Lipinski definition) is 4. The van der Waals surface area contributed by atoms with Gasteiger partial charge in [-0.2, -0.15) is 0 Å². The fraction of sp³-hybridized carbons (Fsp3) is 0.379. The van der Waals surface area contributed by atoms with Gasteiger partial charge < -0.3 is 14.5 Å². The van der Waals surface area contributed by atoms with Crippen LogP contribution >= 0.6 is 0 Å². The molecule has 0 radical (unpaired) electrons. The van der Waals surface area contributed by atoms with Crippen LogP contribution in [0.25, 0.3) is 0 Å². The number of hydrogen-bond donors (Lipinski definition) is 1. The van der Waals surface area contributed by atoms with Gasteiger partial charge in [-0.3, -0.25) is 9.59 Å². The average Bonchev–Trinajstić information content (AvgIpc) is 3.30. The van der Waals surface area contributed by atoms with Gasteiger partial charge in [-0.05, 0) is 71.6 Å². The molecule has 1 amide bonds. The Morgan fingerprint density at radius 1 is 0.941 bits per heavy atom. The van der Waals surface area contributed by atoms with Gasteiger partial charge in [-0.25, -0.2) is 0 Å². The van der Waals surface area contributed by atoms with Gasteiger partial charge in [-0.15, -0.1) is 0 Å². The van der Waals surface area contributed by atoms with Crippen molar-refractivity contribution in [3.63, 3.8) is 0 Å². The third-order valence-electron chi connectivity index (χ3n) is 7.13. The van der Waals surface area contributed by atoms with Gasteiger partial charge in [0.1, 0.15) is 5.75 Å². The zero-order valence-electron chi connectivity index (χ0n) is 20.9. The highest BCUT2D eigenvalue weighted by molar-refractivity contribution is 6.09. The second kappa shape index (κ2) is 8.79. The van der Waals surface area contributed by atoms with Crippen LogP contribution in [-0.4, -0.2) is 18.8 Å². The largest absolute Gasteiger partial charge is 0.496 e. The van der Waals surface area contributed by atoms with Crippen molar-refractivity contribution in [2.75, 3.05) is 7.11 Å². The van der Waals surface area contributed by atoms with Gasteiger partial charge >= 0.3 is 0 Å². The SMILES string of the molecule is COc1ccccc1CNC(=O)c1ccc(C(=O)c2cc3c(cc2C)C(C)(C)CCC3(C)C)o1. The molecule has 4 rings (SSSR count). The Hall–Kier alpha value is -3.34. The van der Waals surface area contributed by atoms with E-state index in [0.717, 1.165) is 24.0 Å². The van der Waals surface area contributed by atoms with Gasteiger partial charge in [-0.1, -0.05) is 52.0 Å². The minimum atomic E-state index is -0.380. The first-order valence-corrected chi connectivity index (χ1v) is 11.7. The smallest absolute Gasteiger partial charge is 0.287 e. The van der Waals surface area contributed by atoms with Crippen LogP contribution in [0.5, 0.6) is 5.75 Å². The number of carbonyl (C=O) groups is 2. The first kappa shape index (κ1) is 23.8. The summed E-state index contributed by atoms with van der Waals surface area (Å²) in [6, 6.07) is 14.8. The number of nitrogens with one attached hydrogen (secondary N) is 1. The van der Waals surface area contributed by atoms with Crippen LogP contribution in [0.2, 0.25) is 0 Å². The Labute approximate surface area is 201 Å². The van der Waals surface area contributed by atoms with E-state index >= 15 is 0 Å². The van der Waals surface area contributed by atoms with E-state index in [1.54, 1.807) is 19.2 Å². The molecule has 0 spiro atoms. The lowest BCUT2D eigenvalue weighted by Gasteiger charge is -2.42. The van der Waals surface area contributed by atoms with E-state index in [1.807, 2.05) is 37.3 Å². The molecule has 0 atom stereocenters. The molecule has 0 bridgehead atoms. The molecule has 3 aromatic rings. The molecule has 34 heavy (non-hydrogen) atoms. The van der Waals surface area contributed by atoms with Crippen LogP contribution in [-0.2, 0) is 17.4 Å². The summed E-state index contributed by atoms with van der Waals surface area (Å²) >= 11 is 0. The van der Waals surface area contributed by atoms with Crippen molar-refractivity contribution in [2.45, 2.75) is 64.8 Å². The molecule has 2 aromatic carbocycles. The van der Waals surface area contributed by atoms with E-state index in [9.17, 15) is 9.59 Å². The number of amides is 1. The standard InChI is InChI=1S/C29H33NO4/c1-18-15-21-22(29(4,5)14-13-28(21,2)3)16-20(18)26(31)24-11-12-25(34-24)27(32)30-17-19-9-7-8-10-23(19)33-6/h7-12,15-16H,13-14,17H2,1-6H3,(H,30,32). The van der Waals surface area contributed by atoms with Gasteiger partial charge in [0.2, 0.25) is 5.78 Å². The normalized spacial score (nSPS) is 15.9. The topological polar surface area (TPSA) is 68.5 Å². The molecule has 5 heteroatoms. The lowest BCUT2D eigenvalue weighted by molar-refractivity contribution is 0.0916. The molecule has 1 aliphatic rings. The first-order valence-electron chi connectivity index (χ1n) is 11.7. The molecule has 1 N–H and O–H groups in total. The number of benzene rings is 2. The molecule has 1 aromatic heterocycles. The lowest BCUT2D eigenvalue weighted by Crippen LogP contribution is -2.34. The van der Waals surface area contributed by atoms with Gasteiger partial charge in [0, 0.05) is 17.7 Å². The maximum absolute atomic E-state index is 13.4. The number of aryl methyl sites for hydroxylation is 1. The van der Waals surface area contributed by atoms with Crippen molar-refractivity contribution in [1.29, 1.82) is 0 Å². The van der Waals surface area contributed by atoms with E-state index in [4.69, 9.17) is 9.15 Å². The Kier molecular flexibility index (Phi) is 6.15. The monoisotopic (exact) mass is 459 g/mol. The summed E-state index contributed by atoms with van der Waals surface area (Å²) in [7, 11) is 1.59. The van der Waals surface area contributed by atoms with Gasteiger partial charge in [0.05, 0.1) is 7.11 Å². The maximum atomic E-state index is 13.4. The third kappa shape index (κ3) is 4.39. The number of carbonyl (C=O) groups excluding carboxylic acids is 2. The van der Waals surface area contributed by atoms with Crippen LogP contribution in [0, 0.1) is 6.92 Å². The van der Waals surface area contributed by atoms with Crippen molar-refractivity contribution < 1.29 is 18.7 Å². The number of ether oxygens (including phenoxy) is 1. The van der Waals surface area contributed by atoms with Crippen LogP contribution in [0.4, 0.5) is 0 Å². The van der Waals surface area contributed by atoms with Gasteiger partial charge in [0.25, 0.3) is 5.91 Å². The van der Waals surface area contributed by atoms with Crippen molar-refractivity contribution in [3.8, 4) is 5.75 Å². The molecule has 1 aliphatic carbocycles. The van der Waals surface area contributed by atoms with E-state index < -0.39 is 0 Å². The van der Waals surface area contributed by atoms with E-state index in [1.165, 1.54) is 11.1 Å². The van der Waals surface area contributed by atoms with Crippen LogP contribution < -0.4 is 10.1 Å². The summed E-state index contributed by atoms with van der Waals surface area (Å²) in [5, 5.41) is 2.83. The van der Waals surface area contributed by atoms with Crippen molar-refractivity contribution in [3.05, 3.63) is 87.9 Å². The zero-order chi connectivity index (χ0) is 24.7. The molecule has 0 fully saturated rings. The highest BCUT2D eigenvalue weighted by Crippen LogP contribution is 2.46. The number of methoxy groups -OCH3 is 1. The predicted molar refractivity (Wildman–Crippen MR) is 133 cm³/mol. The van der Waals surface area contributed by atoms with Crippen LogP contribution in [0.15, 0.2) is 52.9 Å². The molecular weight excluding hydrogens is 426 g/mol. The molecule has 0 aliphatic heterocycles. The quantitative estimate of drug-likeness (QED) is 0.452. The highest BCUT2D eigenvalue weighted by atomic mass is 16.5. The summed E-state index contributed by atoms with van der Waals surface area (Å²) in [6.45, 7) is 11.3. The molecule has 5 nitrogen and oxygen atoms in total. The molecule has 1 heterocycles. The molecule has 0 saturated carbocycles. The second-order valence-corrected chi connectivity index (χ2v) is 10.5. The summed E-state index contributed by atoms with van der Waals surface area (Å²) in [4.78, 5) is 26.0. The Bertz CT molecular complexity index is 1250. The minimum Gasteiger partial charge on any atom is -0.496 e. The van der Waals surface area contributed by atoms with E-state index in [-0.39, 0.29) is 34.0 Å². The van der Waals surface area contributed by atoms with Crippen LogP contribution in [0.1, 0.15) is 89.5 Å². The van der Waals surface area contributed by atoms with Crippen molar-refractivity contribution >= 4 is 11.7 Å². The summed E-state index contributed by atoms with van der Waals surface area (Å²) in [5.74, 6) is 0.388. The van der Waals surface area contributed by atoms with E-state index in [2.05, 4.69) is 39.1 Å². The summed E-state index contributed by atoms with van der Waals surface area (Å²) in [5.41, 5.74) is 5.02. The molecule has 0 saturated heterocycles. The minimum absolute atomic E-state index is 0.000286. The molecule has 178 valence electrons. The number of furan rings is 1. The zero-order valence-corrected chi connectivity index (χ0v) is 20.9.